The third-order valence-corrected chi connectivity index (χ3v) is 2.95. The van der Waals surface area contributed by atoms with E-state index in [1.807, 2.05) is 0 Å². The van der Waals surface area contributed by atoms with Crippen molar-refractivity contribution >= 4 is 5.69 Å². The van der Waals surface area contributed by atoms with Crippen LogP contribution < -0.4 is 4.90 Å². The molecule has 2 nitrogen and oxygen atoms in total. The lowest BCUT2D eigenvalue weighted by molar-refractivity contribution is 0.924. The van der Waals surface area contributed by atoms with Gasteiger partial charge in [0.05, 0.1) is 0 Å². The summed E-state index contributed by atoms with van der Waals surface area (Å²) in [5.74, 6) is 0. The number of nitrogens with zero attached hydrogens (tertiary/aromatic N) is 2. The quantitative estimate of drug-likeness (QED) is 0.756. The molecule has 0 atom stereocenters. The molecule has 0 saturated carbocycles. The van der Waals surface area contributed by atoms with Crippen molar-refractivity contribution in [3.63, 3.8) is 0 Å². The van der Waals surface area contributed by atoms with Gasteiger partial charge in [0.15, 0.2) is 0 Å². The molecular formula is C13H22N2. The van der Waals surface area contributed by atoms with Gasteiger partial charge in [-0.2, -0.15) is 0 Å². The zero-order valence-electron chi connectivity index (χ0n) is 10.8. The fourth-order valence-electron chi connectivity index (χ4n) is 2.26. The molecule has 0 saturated heterocycles. The summed E-state index contributed by atoms with van der Waals surface area (Å²) in [5, 5.41) is 0. The maximum atomic E-state index is 4.68. The molecule has 0 aromatic carbocycles. The molecular weight excluding hydrogens is 184 g/mol. The summed E-state index contributed by atoms with van der Waals surface area (Å²) in [6, 6.07) is 0. The van der Waals surface area contributed by atoms with Crippen LogP contribution in [0.5, 0.6) is 0 Å². The largest absolute Gasteiger partial charge is 0.377 e. The van der Waals surface area contributed by atoms with Crippen molar-refractivity contribution in [2.24, 2.45) is 0 Å². The van der Waals surface area contributed by atoms with Crippen LogP contribution in [-0.4, -0.2) is 19.1 Å². The van der Waals surface area contributed by atoms with Gasteiger partial charge in [-0.3, -0.25) is 4.98 Å². The number of anilines is 1. The summed E-state index contributed by atoms with van der Waals surface area (Å²) in [4.78, 5) is 6.89. The van der Waals surface area contributed by atoms with Crippen molar-refractivity contribution in [3.05, 3.63) is 22.5 Å². The molecule has 0 aliphatic heterocycles. The average molecular weight is 206 g/mol. The second kappa shape index (κ2) is 4.65. The van der Waals surface area contributed by atoms with Crippen LogP contribution >= 0.6 is 0 Å². The van der Waals surface area contributed by atoms with Gasteiger partial charge in [-0.1, -0.05) is 13.8 Å². The Morgan fingerprint density at radius 2 is 1.67 bits per heavy atom. The van der Waals surface area contributed by atoms with E-state index < -0.39 is 0 Å². The average Bonchev–Trinajstić information content (AvgIpc) is 2.19. The molecule has 0 spiro atoms. The lowest BCUT2D eigenvalue weighted by atomic mass is 10.0. The molecule has 0 N–H and O–H groups in total. The topological polar surface area (TPSA) is 16.1 Å². The van der Waals surface area contributed by atoms with Crippen LogP contribution in [0.1, 0.15) is 36.4 Å². The first-order valence-electron chi connectivity index (χ1n) is 5.69. The second-order valence-corrected chi connectivity index (χ2v) is 4.20. The van der Waals surface area contributed by atoms with Crippen LogP contribution in [0.4, 0.5) is 5.69 Å². The Labute approximate surface area is 93.3 Å². The van der Waals surface area contributed by atoms with Crippen LogP contribution in [-0.2, 0) is 12.8 Å². The molecule has 0 aliphatic carbocycles. The number of rotatable bonds is 3. The van der Waals surface area contributed by atoms with Crippen molar-refractivity contribution in [3.8, 4) is 0 Å². The maximum Gasteiger partial charge on any atom is 0.0459 e. The predicted molar refractivity (Wildman–Crippen MR) is 66.8 cm³/mol. The van der Waals surface area contributed by atoms with Gasteiger partial charge in [-0.15, -0.1) is 0 Å². The Bertz CT molecular complexity index is 354. The van der Waals surface area contributed by atoms with E-state index >= 15 is 0 Å². The summed E-state index contributed by atoms with van der Waals surface area (Å²) in [5.41, 5.74) is 6.50. The minimum Gasteiger partial charge on any atom is -0.377 e. The van der Waals surface area contributed by atoms with E-state index in [-0.39, 0.29) is 0 Å². The summed E-state index contributed by atoms with van der Waals surface area (Å²) >= 11 is 0. The van der Waals surface area contributed by atoms with Crippen LogP contribution in [0, 0.1) is 13.8 Å². The van der Waals surface area contributed by atoms with E-state index in [2.05, 4.69) is 51.7 Å². The van der Waals surface area contributed by atoms with Gasteiger partial charge in [0.25, 0.3) is 0 Å². The first-order valence-corrected chi connectivity index (χ1v) is 5.69. The predicted octanol–water partition coefficient (Wildman–Crippen LogP) is 2.89. The molecule has 0 aliphatic rings. The number of aromatic nitrogens is 1. The van der Waals surface area contributed by atoms with E-state index in [0.717, 1.165) is 12.8 Å². The first kappa shape index (κ1) is 12.0. The fourth-order valence-corrected chi connectivity index (χ4v) is 2.26. The molecule has 0 amide bonds. The SMILES string of the molecule is CCc1nc(C)c(CC)c(N(C)C)c1C. The standard InChI is InChI=1S/C13H22N2/c1-7-11-10(4)14-12(8-2)9(3)13(11)15(5)6/h7-8H2,1-6H3. The van der Waals surface area contributed by atoms with Crippen LogP contribution in [0.25, 0.3) is 0 Å². The van der Waals surface area contributed by atoms with Crippen molar-refractivity contribution < 1.29 is 0 Å². The Balaban J connectivity index is 3.48. The minimum atomic E-state index is 1.01. The van der Waals surface area contributed by atoms with Crippen LogP contribution in [0.3, 0.4) is 0 Å². The highest BCUT2D eigenvalue weighted by Crippen LogP contribution is 2.28. The third-order valence-electron chi connectivity index (χ3n) is 2.95. The summed E-state index contributed by atoms with van der Waals surface area (Å²) in [6.07, 6.45) is 2.06. The van der Waals surface area contributed by atoms with E-state index in [1.165, 1.54) is 28.2 Å². The van der Waals surface area contributed by atoms with Crippen molar-refractivity contribution in [1.29, 1.82) is 0 Å². The van der Waals surface area contributed by atoms with Crippen molar-refractivity contribution in [2.45, 2.75) is 40.5 Å². The molecule has 84 valence electrons. The van der Waals surface area contributed by atoms with Gasteiger partial charge in [0.1, 0.15) is 0 Å². The Morgan fingerprint density at radius 3 is 2.07 bits per heavy atom. The lowest BCUT2D eigenvalue weighted by Gasteiger charge is -2.23. The minimum absolute atomic E-state index is 1.01. The molecule has 15 heavy (non-hydrogen) atoms. The van der Waals surface area contributed by atoms with Crippen molar-refractivity contribution in [1.82, 2.24) is 4.98 Å². The highest BCUT2D eigenvalue weighted by Gasteiger charge is 2.13. The summed E-state index contributed by atoms with van der Waals surface area (Å²) < 4.78 is 0. The highest BCUT2D eigenvalue weighted by molar-refractivity contribution is 5.61. The Morgan fingerprint density at radius 1 is 1.07 bits per heavy atom. The van der Waals surface area contributed by atoms with Gasteiger partial charge in [0.2, 0.25) is 0 Å². The van der Waals surface area contributed by atoms with Gasteiger partial charge in [0, 0.05) is 31.2 Å². The number of aryl methyl sites for hydroxylation is 2. The lowest BCUT2D eigenvalue weighted by Crippen LogP contribution is -2.16. The first-order chi connectivity index (χ1) is 7.02. The summed E-state index contributed by atoms with van der Waals surface area (Å²) in [6.45, 7) is 8.66. The molecule has 0 unspecified atom stereocenters. The van der Waals surface area contributed by atoms with Crippen molar-refractivity contribution in [2.75, 3.05) is 19.0 Å². The summed E-state index contributed by atoms with van der Waals surface area (Å²) in [7, 11) is 4.22. The molecule has 1 rings (SSSR count). The zero-order valence-corrected chi connectivity index (χ0v) is 10.8. The van der Waals surface area contributed by atoms with E-state index in [9.17, 15) is 0 Å². The van der Waals surface area contributed by atoms with Gasteiger partial charge in [-0.05, 0) is 37.8 Å². The fraction of sp³-hybridized carbons (Fsp3) is 0.615. The Kier molecular flexibility index (Phi) is 3.72. The molecule has 0 bridgehead atoms. The van der Waals surface area contributed by atoms with Crippen LogP contribution in [0.2, 0.25) is 0 Å². The molecule has 1 aromatic heterocycles. The monoisotopic (exact) mass is 206 g/mol. The van der Waals surface area contributed by atoms with E-state index in [0.29, 0.717) is 0 Å². The normalized spacial score (nSPS) is 10.5. The third kappa shape index (κ3) is 2.14. The van der Waals surface area contributed by atoms with E-state index in [4.69, 9.17) is 0 Å². The Hall–Kier alpha value is -1.05. The number of hydrogen-bond acceptors (Lipinski definition) is 2. The molecule has 1 heterocycles. The maximum absolute atomic E-state index is 4.68. The molecule has 0 radical (unpaired) electrons. The highest BCUT2D eigenvalue weighted by atomic mass is 15.1. The molecule has 1 aromatic rings. The van der Waals surface area contributed by atoms with E-state index in [1.54, 1.807) is 0 Å². The molecule has 2 heteroatoms. The number of hydrogen-bond donors (Lipinski definition) is 0. The van der Waals surface area contributed by atoms with Gasteiger partial charge < -0.3 is 4.90 Å². The van der Waals surface area contributed by atoms with Gasteiger partial charge >= 0.3 is 0 Å². The smallest absolute Gasteiger partial charge is 0.0459 e. The zero-order chi connectivity index (χ0) is 11.6. The second-order valence-electron chi connectivity index (χ2n) is 4.20. The van der Waals surface area contributed by atoms with Crippen LogP contribution in [0.15, 0.2) is 0 Å². The molecule has 0 fully saturated rings. The number of pyridine rings is 1. The van der Waals surface area contributed by atoms with Gasteiger partial charge in [-0.25, -0.2) is 0 Å².